The average Bonchev–Trinajstić information content (AvgIpc) is 2.62. The summed E-state index contributed by atoms with van der Waals surface area (Å²) in [5.74, 6) is 0. The van der Waals surface area contributed by atoms with Crippen LogP contribution in [0.25, 0.3) is 10.9 Å². The zero-order valence-electron chi connectivity index (χ0n) is 9.50. The molecule has 2 aromatic rings. The van der Waals surface area contributed by atoms with Gasteiger partial charge in [-0.2, -0.15) is 0 Å². The Labute approximate surface area is 104 Å². The quantitative estimate of drug-likeness (QED) is 0.908. The zero-order chi connectivity index (χ0) is 11.7. The molecule has 0 fully saturated rings. The normalized spacial score (nSPS) is 13.6. The van der Waals surface area contributed by atoms with Gasteiger partial charge in [0.15, 0.2) is 0 Å². The maximum absolute atomic E-state index is 5.83. The second-order valence-corrected chi connectivity index (χ2v) is 5.06. The molecular formula is C12H16BrN3. The number of H-pyrrole nitrogens is 1. The van der Waals surface area contributed by atoms with Crippen LogP contribution in [0.3, 0.4) is 0 Å². The summed E-state index contributed by atoms with van der Waals surface area (Å²) in [5.41, 5.74) is 8.23. The third-order valence-corrected chi connectivity index (χ3v) is 3.37. The van der Waals surface area contributed by atoms with Crippen molar-refractivity contribution in [3.05, 3.63) is 34.4 Å². The molecule has 0 amide bonds. The third kappa shape index (κ3) is 2.00. The highest BCUT2D eigenvalue weighted by molar-refractivity contribution is 9.10. The summed E-state index contributed by atoms with van der Waals surface area (Å²) in [4.78, 5) is 5.42. The summed E-state index contributed by atoms with van der Waals surface area (Å²) >= 11 is 3.50. The summed E-state index contributed by atoms with van der Waals surface area (Å²) in [6.45, 7) is 0.618. The Morgan fingerprint density at radius 1 is 1.44 bits per heavy atom. The first kappa shape index (κ1) is 11.6. The molecule has 1 aromatic carbocycles. The van der Waals surface area contributed by atoms with Crippen molar-refractivity contribution in [1.82, 2.24) is 9.88 Å². The first-order valence-corrected chi connectivity index (χ1v) is 6.06. The average molecular weight is 282 g/mol. The van der Waals surface area contributed by atoms with Gasteiger partial charge in [0.25, 0.3) is 0 Å². The molecule has 0 spiro atoms. The van der Waals surface area contributed by atoms with E-state index in [9.17, 15) is 0 Å². The van der Waals surface area contributed by atoms with E-state index in [-0.39, 0.29) is 6.04 Å². The minimum absolute atomic E-state index is 0.253. The number of aromatic nitrogens is 1. The number of hydrogen-bond donors (Lipinski definition) is 2. The predicted octanol–water partition coefficient (Wildman–Crippen LogP) is 2.49. The second kappa shape index (κ2) is 4.57. The van der Waals surface area contributed by atoms with Crippen LogP contribution in [0.1, 0.15) is 11.6 Å². The predicted molar refractivity (Wildman–Crippen MR) is 71.5 cm³/mol. The van der Waals surface area contributed by atoms with E-state index < -0.39 is 0 Å². The van der Waals surface area contributed by atoms with Gasteiger partial charge in [-0.15, -0.1) is 0 Å². The molecule has 0 aliphatic carbocycles. The molecule has 0 radical (unpaired) electrons. The van der Waals surface area contributed by atoms with Gasteiger partial charge in [0.1, 0.15) is 0 Å². The number of hydrogen-bond acceptors (Lipinski definition) is 2. The number of benzene rings is 1. The molecule has 4 heteroatoms. The van der Waals surface area contributed by atoms with E-state index in [0.717, 1.165) is 9.99 Å². The highest BCUT2D eigenvalue weighted by atomic mass is 79.9. The number of nitrogens with zero attached hydrogens (tertiary/aromatic N) is 1. The fourth-order valence-corrected chi connectivity index (χ4v) is 2.37. The minimum Gasteiger partial charge on any atom is -0.361 e. The number of nitrogens with two attached hydrogens (primary N) is 1. The van der Waals surface area contributed by atoms with Crippen molar-refractivity contribution in [1.29, 1.82) is 0 Å². The Morgan fingerprint density at radius 2 is 2.19 bits per heavy atom. The van der Waals surface area contributed by atoms with Crippen LogP contribution >= 0.6 is 15.9 Å². The summed E-state index contributed by atoms with van der Waals surface area (Å²) in [5, 5.41) is 1.23. The summed E-state index contributed by atoms with van der Waals surface area (Å²) in [6.07, 6.45) is 2.05. The number of fused-ring (bicyclic) bond motifs is 1. The molecule has 0 aliphatic rings. The molecule has 16 heavy (non-hydrogen) atoms. The molecule has 0 saturated heterocycles. The lowest BCUT2D eigenvalue weighted by Gasteiger charge is -2.22. The van der Waals surface area contributed by atoms with Gasteiger partial charge in [0.2, 0.25) is 0 Å². The molecule has 2 rings (SSSR count). The monoisotopic (exact) mass is 281 g/mol. The Balaban J connectivity index is 2.55. The summed E-state index contributed by atoms with van der Waals surface area (Å²) in [6, 6.07) is 6.50. The van der Waals surface area contributed by atoms with Crippen molar-refractivity contribution >= 4 is 26.8 Å². The molecule has 1 heterocycles. The molecule has 1 aromatic heterocycles. The van der Waals surface area contributed by atoms with Crippen molar-refractivity contribution < 1.29 is 0 Å². The van der Waals surface area contributed by atoms with E-state index >= 15 is 0 Å². The smallest absolute Gasteiger partial charge is 0.0485 e. The van der Waals surface area contributed by atoms with Gasteiger partial charge in [-0.1, -0.05) is 15.9 Å². The van der Waals surface area contributed by atoms with E-state index in [4.69, 9.17) is 5.73 Å². The second-order valence-electron chi connectivity index (χ2n) is 4.15. The SMILES string of the molecule is CN(C)C(CN)c1c[nH]c2ccc(Br)cc12. The lowest BCUT2D eigenvalue weighted by molar-refractivity contribution is 0.308. The van der Waals surface area contributed by atoms with Gasteiger partial charge in [0.05, 0.1) is 0 Å². The molecule has 1 atom stereocenters. The van der Waals surface area contributed by atoms with Crippen LogP contribution in [0, 0.1) is 0 Å². The van der Waals surface area contributed by atoms with Crippen LogP contribution in [0.4, 0.5) is 0 Å². The van der Waals surface area contributed by atoms with Gasteiger partial charge in [0, 0.05) is 34.2 Å². The number of nitrogens with one attached hydrogen (secondary N) is 1. The highest BCUT2D eigenvalue weighted by Gasteiger charge is 2.16. The fourth-order valence-electron chi connectivity index (χ4n) is 2.01. The third-order valence-electron chi connectivity index (χ3n) is 2.88. The molecule has 86 valence electrons. The number of halogens is 1. The van der Waals surface area contributed by atoms with E-state index in [0.29, 0.717) is 6.54 Å². The van der Waals surface area contributed by atoms with Crippen LogP contribution in [0.5, 0.6) is 0 Å². The van der Waals surface area contributed by atoms with Crippen LogP contribution in [-0.2, 0) is 0 Å². The molecule has 1 unspecified atom stereocenters. The van der Waals surface area contributed by atoms with Crippen LogP contribution in [-0.4, -0.2) is 30.5 Å². The standard InChI is InChI=1S/C12H16BrN3/c1-16(2)12(6-14)10-7-15-11-4-3-8(13)5-9(10)11/h3-5,7,12,15H,6,14H2,1-2H3. The largest absolute Gasteiger partial charge is 0.361 e. The van der Waals surface area contributed by atoms with Gasteiger partial charge >= 0.3 is 0 Å². The number of aromatic amines is 1. The van der Waals surface area contributed by atoms with E-state index in [1.165, 1.54) is 10.9 Å². The molecule has 0 saturated carbocycles. The Hall–Kier alpha value is -0.840. The van der Waals surface area contributed by atoms with Crippen LogP contribution < -0.4 is 5.73 Å². The van der Waals surface area contributed by atoms with Gasteiger partial charge in [-0.25, -0.2) is 0 Å². The number of rotatable bonds is 3. The topological polar surface area (TPSA) is 45.0 Å². The Bertz CT molecular complexity index is 490. The van der Waals surface area contributed by atoms with Crippen LogP contribution in [0.15, 0.2) is 28.9 Å². The first-order chi connectivity index (χ1) is 7.63. The lowest BCUT2D eigenvalue weighted by Crippen LogP contribution is -2.26. The van der Waals surface area contributed by atoms with E-state index in [1.54, 1.807) is 0 Å². The summed E-state index contributed by atoms with van der Waals surface area (Å²) in [7, 11) is 4.10. The number of likely N-dealkylation sites (N-methyl/N-ethyl adjacent to an activating group) is 1. The van der Waals surface area contributed by atoms with Crippen molar-refractivity contribution in [3.63, 3.8) is 0 Å². The van der Waals surface area contributed by atoms with Crippen molar-refractivity contribution in [2.45, 2.75) is 6.04 Å². The molecule has 0 aliphatic heterocycles. The summed E-state index contributed by atoms with van der Waals surface area (Å²) < 4.78 is 1.09. The van der Waals surface area contributed by atoms with E-state index in [1.807, 2.05) is 20.2 Å². The molecule has 0 bridgehead atoms. The Morgan fingerprint density at radius 3 is 2.81 bits per heavy atom. The minimum atomic E-state index is 0.253. The zero-order valence-corrected chi connectivity index (χ0v) is 11.1. The maximum Gasteiger partial charge on any atom is 0.0485 e. The molecular weight excluding hydrogens is 266 g/mol. The Kier molecular flexibility index (Phi) is 3.33. The highest BCUT2D eigenvalue weighted by Crippen LogP contribution is 2.28. The van der Waals surface area contributed by atoms with Crippen molar-refractivity contribution in [2.24, 2.45) is 5.73 Å². The molecule has 3 N–H and O–H groups in total. The van der Waals surface area contributed by atoms with Crippen molar-refractivity contribution in [3.8, 4) is 0 Å². The maximum atomic E-state index is 5.83. The lowest BCUT2D eigenvalue weighted by atomic mass is 10.1. The van der Waals surface area contributed by atoms with Gasteiger partial charge in [-0.05, 0) is 37.9 Å². The van der Waals surface area contributed by atoms with Crippen molar-refractivity contribution in [2.75, 3.05) is 20.6 Å². The van der Waals surface area contributed by atoms with Gasteiger partial charge < -0.3 is 15.6 Å². The molecule has 3 nitrogen and oxygen atoms in total. The fraction of sp³-hybridized carbons (Fsp3) is 0.333. The van der Waals surface area contributed by atoms with E-state index in [2.05, 4.69) is 44.1 Å². The van der Waals surface area contributed by atoms with Crippen LogP contribution in [0.2, 0.25) is 0 Å². The first-order valence-electron chi connectivity index (χ1n) is 5.26. The van der Waals surface area contributed by atoms with Gasteiger partial charge in [-0.3, -0.25) is 0 Å².